The van der Waals surface area contributed by atoms with E-state index >= 15 is 0 Å². The van der Waals surface area contributed by atoms with Gasteiger partial charge >= 0.3 is 0 Å². The highest BCUT2D eigenvalue weighted by molar-refractivity contribution is 5.93. The number of anilines is 6. The number of hydrogen-bond donors (Lipinski definition) is 0. The van der Waals surface area contributed by atoms with Crippen molar-refractivity contribution in [2.24, 2.45) is 0 Å². The van der Waals surface area contributed by atoms with Crippen LogP contribution in [0.25, 0.3) is 56.7 Å². The summed E-state index contributed by atoms with van der Waals surface area (Å²) in [6, 6.07) is 126. The first-order chi connectivity index (χ1) is 56.9. The number of ether oxygens (including phenoxy) is 2. The second kappa shape index (κ2) is 33.2. The first kappa shape index (κ1) is 75.7. The fourth-order valence-electron chi connectivity index (χ4n) is 18.5. The molecule has 2 unspecified atom stereocenters. The molecule has 4 nitrogen and oxygen atoms in total. The zero-order chi connectivity index (χ0) is 79.3. The largest absolute Gasteiger partial charge is 0.457 e. The van der Waals surface area contributed by atoms with E-state index < -0.39 is 10.8 Å². The van der Waals surface area contributed by atoms with Crippen molar-refractivity contribution < 1.29 is 9.47 Å². The van der Waals surface area contributed by atoms with E-state index in [0.717, 1.165) is 93.9 Å². The fourth-order valence-corrected chi connectivity index (χ4v) is 18.5. The van der Waals surface area contributed by atoms with Gasteiger partial charge in [0.25, 0.3) is 0 Å². The van der Waals surface area contributed by atoms with E-state index in [9.17, 15) is 0 Å². The SMILES string of the molecule is C=Cc1ccc(Oc2ccc(C3(c4cc(C)ccc4C)c4ccccc4-c4ccc(N(c5ccccc5)c5ccc(-c6cc(CCCCCC)c(-c7ccc(N(c8ccccc8)c8ccc9c(c8)C(c8ccc(Oc%10ccc(C=C)cc%10)cc8)(c8cc(C)ccc8C)c8ccccc8-9)cc7)cc6CCCCCC)cc5)cc43)cc2)cc1. The molecule has 0 amide bonds. The van der Waals surface area contributed by atoms with E-state index in [1.807, 2.05) is 60.7 Å². The average molecular weight is 1510 g/mol. The van der Waals surface area contributed by atoms with Crippen molar-refractivity contribution in [2.45, 2.75) is 117 Å². The third kappa shape index (κ3) is 14.4. The second-order valence-electron chi connectivity index (χ2n) is 31.7. The Morgan fingerprint density at radius 1 is 0.276 bits per heavy atom. The van der Waals surface area contributed by atoms with Crippen LogP contribution in [0.3, 0.4) is 0 Å². The number of unbranched alkanes of at least 4 members (excludes halogenated alkanes) is 6. The summed E-state index contributed by atoms with van der Waals surface area (Å²) in [5.41, 5.74) is 35.0. The molecular formula is C112H100N2O2. The molecule has 0 aliphatic heterocycles. The van der Waals surface area contributed by atoms with Gasteiger partial charge in [-0.2, -0.15) is 0 Å². The Morgan fingerprint density at radius 3 is 0.983 bits per heavy atom. The summed E-state index contributed by atoms with van der Waals surface area (Å²) in [7, 11) is 0. The van der Waals surface area contributed by atoms with E-state index in [-0.39, 0.29) is 0 Å². The van der Waals surface area contributed by atoms with Crippen LogP contribution in [0.2, 0.25) is 0 Å². The highest BCUT2D eigenvalue weighted by Gasteiger charge is 2.49. The molecule has 0 saturated heterocycles. The molecule has 4 heteroatoms. The van der Waals surface area contributed by atoms with Gasteiger partial charge in [0.1, 0.15) is 23.0 Å². The zero-order valence-electron chi connectivity index (χ0n) is 67.7. The summed E-state index contributed by atoms with van der Waals surface area (Å²) >= 11 is 0. The number of para-hydroxylation sites is 2. The Kier molecular flexibility index (Phi) is 21.7. The molecule has 2 aliphatic rings. The fraction of sp³-hybridized carbons (Fsp3) is 0.161. The van der Waals surface area contributed by atoms with Gasteiger partial charge in [-0.05, 0) is 297 Å². The van der Waals surface area contributed by atoms with E-state index in [0.29, 0.717) is 0 Å². The van der Waals surface area contributed by atoms with Crippen molar-refractivity contribution in [1.29, 1.82) is 0 Å². The first-order valence-corrected chi connectivity index (χ1v) is 41.7. The molecule has 15 aromatic carbocycles. The van der Waals surface area contributed by atoms with Crippen LogP contribution in [-0.2, 0) is 23.7 Å². The topological polar surface area (TPSA) is 24.9 Å². The number of aryl methyl sites for hydroxylation is 6. The molecule has 2 atom stereocenters. The van der Waals surface area contributed by atoms with Gasteiger partial charge in [-0.25, -0.2) is 0 Å². The van der Waals surface area contributed by atoms with Gasteiger partial charge in [-0.1, -0.05) is 307 Å². The van der Waals surface area contributed by atoms with Crippen molar-refractivity contribution >= 4 is 46.3 Å². The van der Waals surface area contributed by atoms with E-state index in [1.165, 1.54) is 161 Å². The zero-order valence-corrected chi connectivity index (χ0v) is 67.7. The van der Waals surface area contributed by atoms with E-state index in [4.69, 9.17) is 9.47 Å². The lowest BCUT2D eigenvalue weighted by Gasteiger charge is -2.36. The minimum Gasteiger partial charge on any atom is -0.457 e. The van der Waals surface area contributed by atoms with Gasteiger partial charge in [0.2, 0.25) is 0 Å². The molecule has 0 spiro atoms. The quantitative estimate of drug-likeness (QED) is 0.0456. The molecular weight excluding hydrogens is 1410 g/mol. The normalized spacial score (nSPS) is 14.3. The monoisotopic (exact) mass is 1500 g/mol. The second-order valence-corrected chi connectivity index (χ2v) is 31.7. The molecule has 116 heavy (non-hydrogen) atoms. The van der Waals surface area contributed by atoms with E-state index in [2.05, 4.69) is 356 Å². The number of benzene rings is 15. The lowest BCUT2D eigenvalue weighted by molar-refractivity contribution is 0.482. The molecule has 0 bridgehead atoms. The van der Waals surface area contributed by atoms with Crippen LogP contribution in [0, 0.1) is 27.7 Å². The third-order valence-corrected chi connectivity index (χ3v) is 24.3. The summed E-state index contributed by atoms with van der Waals surface area (Å²) in [5, 5.41) is 0. The summed E-state index contributed by atoms with van der Waals surface area (Å²) in [5.74, 6) is 3.13. The molecule has 0 aromatic heterocycles. The summed E-state index contributed by atoms with van der Waals surface area (Å²) in [6.45, 7) is 21.5. The van der Waals surface area contributed by atoms with Crippen molar-refractivity contribution in [3.63, 3.8) is 0 Å². The van der Waals surface area contributed by atoms with Crippen molar-refractivity contribution in [3.05, 3.63) is 442 Å². The molecule has 0 N–H and O–H groups in total. The van der Waals surface area contributed by atoms with Gasteiger partial charge in [0.05, 0.1) is 10.8 Å². The third-order valence-electron chi connectivity index (χ3n) is 24.3. The Bertz CT molecular complexity index is 5670. The van der Waals surface area contributed by atoms with Crippen LogP contribution in [-0.4, -0.2) is 0 Å². The molecule has 0 radical (unpaired) electrons. The molecule has 0 heterocycles. The smallest absolute Gasteiger partial charge is 0.127 e. The lowest BCUT2D eigenvalue weighted by Crippen LogP contribution is -2.30. The minimum absolute atomic E-state index is 0.659. The van der Waals surface area contributed by atoms with Crippen molar-refractivity contribution in [1.82, 2.24) is 0 Å². The molecule has 570 valence electrons. The van der Waals surface area contributed by atoms with Crippen molar-refractivity contribution in [2.75, 3.05) is 9.80 Å². The van der Waals surface area contributed by atoms with Crippen LogP contribution in [0.15, 0.2) is 353 Å². The average Bonchev–Trinajstić information content (AvgIpc) is 1.50. The summed E-state index contributed by atoms with van der Waals surface area (Å²) in [6.07, 6.45) is 15.1. The van der Waals surface area contributed by atoms with Gasteiger partial charge in [-0.3, -0.25) is 0 Å². The number of fused-ring (bicyclic) bond motifs is 6. The Balaban J connectivity index is 0.750. The van der Waals surface area contributed by atoms with Gasteiger partial charge < -0.3 is 19.3 Å². The molecule has 17 rings (SSSR count). The lowest BCUT2D eigenvalue weighted by atomic mass is 9.66. The van der Waals surface area contributed by atoms with Crippen molar-refractivity contribution in [3.8, 4) is 67.5 Å². The first-order valence-electron chi connectivity index (χ1n) is 41.7. The van der Waals surface area contributed by atoms with E-state index in [1.54, 1.807) is 0 Å². The number of rotatable bonds is 28. The predicted octanol–water partition coefficient (Wildman–Crippen LogP) is 31.0. The Labute approximate surface area is 687 Å². The number of nitrogens with zero attached hydrogens (tertiary/aromatic N) is 2. The van der Waals surface area contributed by atoms with Gasteiger partial charge in [0, 0.05) is 34.1 Å². The van der Waals surface area contributed by atoms with Crippen LogP contribution in [0.1, 0.15) is 154 Å². The maximum Gasteiger partial charge on any atom is 0.127 e. The van der Waals surface area contributed by atoms with Crippen LogP contribution in [0.5, 0.6) is 23.0 Å². The van der Waals surface area contributed by atoms with Crippen LogP contribution >= 0.6 is 0 Å². The van der Waals surface area contributed by atoms with Crippen LogP contribution in [0.4, 0.5) is 34.1 Å². The standard InChI is InChI=1S/C112H100N2O2/c1-9-13-15-19-29-85-73-104(84-49-57-92(58-50-84)114(90-33-23-18-24-34-90)94-60-70-102-100-36-26-28-38-106(100)112(110(102)76-94,108-72-78(6)40-42-80(108)8)88-53-67-98(68-54-88)116-96-63-45-82(12-4)46-64-96)86(30-20-16-14-10-2)74-103(85)83-47-55-91(56-48-83)113(89-31-21-17-22-32-89)93-59-69-101-99-35-25-27-37-105(99)111(109(101)75-93,107-71-77(5)39-41-79(107)7)87-51-65-97(66-52-87)115-95-61-43-81(11-3)44-62-95/h11-12,17-18,21-28,31-76H,3-4,9-10,13-16,19-20,29-30H2,1-2,5-8H3. The van der Waals surface area contributed by atoms with Gasteiger partial charge in [-0.15, -0.1) is 0 Å². The maximum atomic E-state index is 6.53. The molecule has 2 aliphatic carbocycles. The van der Waals surface area contributed by atoms with Gasteiger partial charge in [0.15, 0.2) is 0 Å². The Hall–Kier alpha value is -13.0. The maximum absolute atomic E-state index is 6.53. The predicted molar refractivity (Wildman–Crippen MR) is 489 cm³/mol. The van der Waals surface area contributed by atoms with Crippen LogP contribution < -0.4 is 19.3 Å². The Morgan fingerprint density at radius 2 is 0.612 bits per heavy atom. The summed E-state index contributed by atoms with van der Waals surface area (Å²) < 4.78 is 13.1. The molecule has 0 saturated carbocycles. The summed E-state index contributed by atoms with van der Waals surface area (Å²) in [4.78, 5) is 4.91. The highest BCUT2D eigenvalue weighted by Crippen LogP contribution is 2.61. The molecule has 15 aromatic rings. The number of hydrogen-bond acceptors (Lipinski definition) is 4. The highest BCUT2D eigenvalue weighted by atomic mass is 16.5. The minimum atomic E-state index is -0.659. The molecule has 0 fully saturated rings.